The van der Waals surface area contributed by atoms with Crippen molar-refractivity contribution >= 4 is 60.5 Å². The summed E-state index contributed by atoms with van der Waals surface area (Å²) in [5.41, 5.74) is 11.0. The van der Waals surface area contributed by atoms with Crippen molar-refractivity contribution in [3.05, 3.63) is 193 Å². The van der Waals surface area contributed by atoms with E-state index < -0.39 is 0 Å². The molecule has 0 bridgehead atoms. The zero-order valence-corrected chi connectivity index (χ0v) is 29.2. The molecule has 0 saturated heterocycles. The first kappa shape index (κ1) is 30.7. The van der Waals surface area contributed by atoms with Gasteiger partial charge in [-0.2, -0.15) is 0 Å². The van der Waals surface area contributed by atoms with Crippen LogP contribution in [0.25, 0.3) is 76.9 Å². The van der Waals surface area contributed by atoms with Crippen LogP contribution in [0.15, 0.2) is 190 Å². The molecule has 2 N–H and O–H groups in total. The summed E-state index contributed by atoms with van der Waals surface area (Å²) in [5, 5.41) is 14.3. The van der Waals surface area contributed by atoms with E-state index in [2.05, 4.69) is 174 Å². The molecule has 2 unspecified atom stereocenters. The van der Waals surface area contributed by atoms with Gasteiger partial charge in [-0.3, -0.25) is 5.32 Å². The Bertz CT molecular complexity index is 3050. The topological polar surface area (TPSA) is 62.7 Å². The number of amidine groups is 1. The maximum absolute atomic E-state index is 6.81. The summed E-state index contributed by atoms with van der Waals surface area (Å²) >= 11 is 0. The van der Waals surface area contributed by atoms with Crippen molar-refractivity contribution in [1.82, 2.24) is 10.6 Å². The lowest BCUT2D eigenvalue weighted by Gasteiger charge is -2.32. The van der Waals surface area contributed by atoms with Crippen LogP contribution in [0, 0.1) is 0 Å². The van der Waals surface area contributed by atoms with Crippen LogP contribution in [0.5, 0.6) is 0 Å². The average molecular weight is 696 g/mol. The average Bonchev–Trinajstić information content (AvgIpc) is 3.83. The molecule has 8 aromatic carbocycles. The van der Waals surface area contributed by atoms with E-state index in [9.17, 15) is 0 Å². The minimum Gasteiger partial charge on any atom is -0.455 e. The van der Waals surface area contributed by atoms with E-state index in [-0.39, 0.29) is 12.3 Å². The summed E-state index contributed by atoms with van der Waals surface area (Å²) in [6, 6.07) is 61.4. The third kappa shape index (κ3) is 4.94. The van der Waals surface area contributed by atoms with Crippen LogP contribution in [-0.4, -0.2) is 5.84 Å². The molecular weight excluding hydrogens is 663 g/mol. The van der Waals surface area contributed by atoms with E-state index in [1.807, 2.05) is 12.1 Å². The number of nitrogens with one attached hydrogen (secondary N) is 2. The zero-order chi connectivity index (χ0) is 35.6. The first-order valence-electron chi connectivity index (χ1n) is 18.4. The molecule has 1 aliphatic heterocycles. The number of hydrogen-bond donors (Lipinski definition) is 2. The van der Waals surface area contributed by atoms with Crippen molar-refractivity contribution in [3.63, 3.8) is 0 Å². The van der Waals surface area contributed by atoms with Gasteiger partial charge < -0.3 is 14.2 Å². The highest BCUT2D eigenvalue weighted by molar-refractivity contribution is 6.22. The van der Waals surface area contributed by atoms with E-state index in [1.165, 1.54) is 21.9 Å². The van der Waals surface area contributed by atoms with Gasteiger partial charge in [0.2, 0.25) is 0 Å². The van der Waals surface area contributed by atoms with Gasteiger partial charge in [0.15, 0.2) is 0 Å². The van der Waals surface area contributed by atoms with Gasteiger partial charge in [-0.25, -0.2) is 4.99 Å². The largest absolute Gasteiger partial charge is 0.455 e. The molecule has 3 heterocycles. The summed E-state index contributed by atoms with van der Waals surface area (Å²) < 4.78 is 13.5. The van der Waals surface area contributed by atoms with Crippen LogP contribution in [0.2, 0.25) is 0 Å². The molecule has 0 aliphatic carbocycles. The molecule has 0 radical (unpaired) electrons. The van der Waals surface area contributed by atoms with Crippen molar-refractivity contribution in [2.45, 2.75) is 12.3 Å². The fourth-order valence-corrected chi connectivity index (χ4v) is 8.23. The first-order valence-corrected chi connectivity index (χ1v) is 18.4. The molecule has 0 spiro atoms. The summed E-state index contributed by atoms with van der Waals surface area (Å²) in [5.74, 6) is 0.839. The second-order valence-electron chi connectivity index (χ2n) is 13.9. The fourth-order valence-electron chi connectivity index (χ4n) is 8.23. The third-order valence-electron chi connectivity index (χ3n) is 10.8. The highest BCUT2D eigenvalue weighted by Crippen LogP contribution is 2.44. The summed E-state index contributed by atoms with van der Waals surface area (Å²) in [7, 11) is 0. The standard InChI is InChI=1S/C49H33N3O2/c1-3-12-30(13-4-1)31-24-26-34(27-25-31)48-50-47(33-15-5-2-6-16-33)51-49(52-48)40-22-11-23-41-44(40)39-21-10-19-37(46(39)53-41)36-18-9-20-38-43-35-17-8-7-14-32(35)28-29-42(43)54-45(36)38/h1-29,48-49,52H,(H,50,51). The van der Waals surface area contributed by atoms with Crippen LogP contribution < -0.4 is 10.6 Å². The third-order valence-corrected chi connectivity index (χ3v) is 10.8. The SMILES string of the molecule is c1ccc(C2=NC(c3ccc(-c4ccccc4)cc3)NC(c3cccc4oc5c(-c6cccc7c6oc6ccc8ccccc8c67)cccc5c34)N2)cc1. The predicted octanol–water partition coefficient (Wildman–Crippen LogP) is 12.3. The summed E-state index contributed by atoms with van der Waals surface area (Å²) in [6.45, 7) is 0. The number of nitrogens with zero attached hydrogens (tertiary/aromatic N) is 1. The molecule has 2 aromatic heterocycles. The maximum Gasteiger partial charge on any atom is 0.143 e. The Morgan fingerprint density at radius 2 is 1.04 bits per heavy atom. The van der Waals surface area contributed by atoms with Crippen LogP contribution in [-0.2, 0) is 0 Å². The Balaban J connectivity index is 1.04. The molecule has 1 aliphatic rings. The Morgan fingerprint density at radius 1 is 0.444 bits per heavy atom. The lowest BCUT2D eigenvalue weighted by Crippen LogP contribution is -2.45. The van der Waals surface area contributed by atoms with Crippen LogP contribution in [0.4, 0.5) is 0 Å². The summed E-state index contributed by atoms with van der Waals surface area (Å²) in [4.78, 5) is 5.21. The molecule has 2 atom stereocenters. The van der Waals surface area contributed by atoms with Gasteiger partial charge in [-0.1, -0.05) is 164 Å². The number of rotatable bonds is 5. The van der Waals surface area contributed by atoms with Gasteiger partial charge in [0.1, 0.15) is 40.5 Å². The van der Waals surface area contributed by atoms with Crippen molar-refractivity contribution in [1.29, 1.82) is 0 Å². The number of furan rings is 2. The Labute approximate surface area is 311 Å². The van der Waals surface area contributed by atoms with Crippen molar-refractivity contribution in [2.24, 2.45) is 4.99 Å². The maximum atomic E-state index is 6.81. The number of hydrogen-bond acceptors (Lipinski definition) is 5. The molecule has 11 rings (SSSR count). The molecule has 54 heavy (non-hydrogen) atoms. The van der Waals surface area contributed by atoms with E-state index in [1.54, 1.807) is 0 Å². The monoisotopic (exact) mass is 695 g/mol. The first-order chi connectivity index (χ1) is 26.8. The highest BCUT2D eigenvalue weighted by atomic mass is 16.3. The molecule has 0 saturated carbocycles. The molecule has 10 aromatic rings. The minimum absolute atomic E-state index is 0.253. The van der Waals surface area contributed by atoms with Gasteiger partial charge in [0.25, 0.3) is 0 Å². The van der Waals surface area contributed by atoms with E-state index in [0.717, 1.165) is 77.5 Å². The molecule has 0 amide bonds. The predicted molar refractivity (Wildman–Crippen MR) is 221 cm³/mol. The smallest absolute Gasteiger partial charge is 0.143 e. The quantitative estimate of drug-likeness (QED) is 0.188. The fraction of sp³-hybridized carbons (Fsp3) is 0.0408. The lowest BCUT2D eigenvalue weighted by molar-refractivity contribution is 0.411. The van der Waals surface area contributed by atoms with Crippen LogP contribution in [0.3, 0.4) is 0 Å². The van der Waals surface area contributed by atoms with Gasteiger partial charge in [0, 0.05) is 43.8 Å². The second kappa shape index (κ2) is 12.3. The van der Waals surface area contributed by atoms with Gasteiger partial charge in [-0.05, 0) is 39.6 Å². The molecule has 0 fully saturated rings. The van der Waals surface area contributed by atoms with Crippen molar-refractivity contribution in [3.8, 4) is 22.3 Å². The Hall–Kier alpha value is -6.95. The Kier molecular flexibility index (Phi) is 7.00. The van der Waals surface area contributed by atoms with Gasteiger partial charge in [-0.15, -0.1) is 0 Å². The number of fused-ring (bicyclic) bond motifs is 8. The van der Waals surface area contributed by atoms with E-state index >= 15 is 0 Å². The molecule has 5 nitrogen and oxygen atoms in total. The summed E-state index contributed by atoms with van der Waals surface area (Å²) in [6.07, 6.45) is -0.529. The normalized spacial score (nSPS) is 16.0. The van der Waals surface area contributed by atoms with Crippen molar-refractivity contribution in [2.75, 3.05) is 0 Å². The minimum atomic E-state index is -0.276. The second-order valence-corrected chi connectivity index (χ2v) is 13.9. The molecule has 5 heteroatoms. The number of benzene rings is 8. The van der Waals surface area contributed by atoms with E-state index in [0.29, 0.717) is 0 Å². The van der Waals surface area contributed by atoms with Crippen LogP contribution >= 0.6 is 0 Å². The molecular formula is C49H33N3O2. The van der Waals surface area contributed by atoms with Crippen molar-refractivity contribution < 1.29 is 8.83 Å². The van der Waals surface area contributed by atoms with Gasteiger partial charge in [0.05, 0.1) is 0 Å². The van der Waals surface area contributed by atoms with Crippen LogP contribution in [0.1, 0.15) is 29.0 Å². The number of aliphatic imine (C=N–C) groups is 1. The van der Waals surface area contributed by atoms with E-state index in [4.69, 9.17) is 13.8 Å². The van der Waals surface area contributed by atoms with Gasteiger partial charge >= 0.3 is 0 Å². The number of para-hydroxylation sites is 2. The highest BCUT2D eigenvalue weighted by Gasteiger charge is 2.28. The zero-order valence-electron chi connectivity index (χ0n) is 29.2. The molecule has 256 valence electrons. The lowest BCUT2D eigenvalue weighted by atomic mass is 9.97. The Morgan fingerprint density at radius 3 is 1.78 bits per heavy atom.